The van der Waals surface area contributed by atoms with Crippen LogP contribution in [-0.4, -0.2) is 18.5 Å². The number of rotatable bonds is 5. The smallest absolute Gasteiger partial charge is 0.241 e. The summed E-state index contributed by atoms with van der Waals surface area (Å²) in [4.78, 5) is 3.82. The highest BCUT2D eigenvalue weighted by atomic mass is 32.2. The number of aliphatic hydroxyl groups excluding tert-OH is 1. The van der Waals surface area contributed by atoms with Crippen molar-refractivity contribution in [1.82, 2.24) is 9.71 Å². The lowest BCUT2D eigenvalue weighted by atomic mass is 10.2. The number of sulfonamides is 1. The molecule has 1 aromatic carbocycles. The first-order valence-corrected chi connectivity index (χ1v) is 7.72. The Balaban J connectivity index is 2.27. The van der Waals surface area contributed by atoms with Crippen LogP contribution < -0.4 is 4.72 Å². The van der Waals surface area contributed by atoms with Gasteiger partial charge in [0.05, 0.1) is 23.7 Å². The predicted molar refractivity (Wildman–Crippen MR) is 75.3 cm³/mol. The minimum absolute atomic E-state index is 0.00358. The van der Waals surface area contributed by atoms with E-state index in [1.54, 1.807) is 12.3 Å². The topological polar surface area (TPSA) is 79.3 Å². The SMILES string of the molecule is Cc1cccnc1CNS(=O)(=O)c1cc(F)ccc1CO. The van der Waals surface area contributed by atoms with Gasteiger partial charge in [-0.3, -0.25) is 4.98 Å². The Labute approximate surface area is 122 Å². The quantitative estimate of drug-likeness (QED) is 0.877. The molecule has 0 radical (unpaired) electrons. The maximum Gasteiger partial charge on any atom is 0.241 e. The Bertz CT molecular complexity index is 748. The number of pyridine rings is 1. The first kappa shape index (κ1) is 15.6. The van der Waals surface area contributed by atoms with Crippen LogP contribution in [0.25, 0.3) is 0 Å². The zero-order valence-electron chi connectivity index (χ0n) is 11.4. The first-order chi connectivity index (χ1) is 9.94. The van der Waals surface area contributed by atoms with Gasteiger partial charge in [0.1, 0.15) is 5.82 Å². The van der Waals surface area contributed by atoms with E-state index in [2.05, 4.69) is 9.71 Å². The summed E-state index contributed by atoms with van der Waals surface area (Å²) in [5.41, 5.74) is 1.58. The number of aryl methyl sites for hydroxylation is 1. The third-order valence-corrected chi connectivity index (χ3v) is 4.52. The fraction of sp³-hybridized carbons (Fsp3) is 0.214. The number of aromatic nitrogens is 1. The van der Waals surface area contributed by atoms with Gasteiger partial charge in [-0.15, -0.1) is 0 Å². The molecule has 0 fully saturated rings. The van der Waals surface area contributed by atoms with Crippen LogP contribution in [-0.2, 0) is 23.2 Å². The number of nitrogens with zero attached hydrogens (tertiary/aromatic N) is 1. The second kappa shape index (κ2) is 6.30. The van der Waals surface area contributed by atoms with Crippen molar-refractivity contribution in [3.8, 4) is 0 Å². The van der Waals surface area contributed by atoms with E-state index in [0.29, 0.717) is 5.69 Å². The summed E-state index contributed by atoms with van der Waals surface area (Å²) < 4.78 is 40.1. The van der Waals surface area contributed by atoms with E-state index in [4.69, 9.17) is 0 Å². The van der Waals surface area contributed by atoms with Gasteiger partial charge in [-0.2, -0.15) is 0 Å². The van der Waals surface area contributed by atoms with Crippen molar-refractivity contribution in [3.05, 3.63) is 59.2 Å². The molecule has 112 valence electrons. The van der Waals surface area contributed by atoms with Crippen molar-refractivity contribution in [1.29, 1.82) is 0 Å². The molecule has 0 atom stereocenters. The van der Waals surface area contributed by atoms with Gasteiger partial charge < -0.3 is 5.11 Å². The number of hydrogen-bond donors (Lipinski definition) is 2. The summed E-state index contributed by atoms with van der Waals surface area (Å²) in [7, 11) is -3.93. The Kier molecular flexibility index (Phi) is 4.66. The molecule has 0 saturated carbocycles. The zero-order chi connectivity index (χ0) is 15.5. The lowest BCUT2D eigenvalue weighted by Gasteiger charge is -2.11. The molecule has 0 aliphatic rings. The van der Waals surface area contributed by atoms with Gasteiger partial charge in [0.2, 0.25) is 10.0 Å². The van der Waals surface area contributed by atoms with Crippen LogP contribution in [0.3, 0.4) is 0 Å². The molecule has 0 amide bonds. The normalized spacial score (nSPS) is 11.6. The standard InChI is InChI=1S/C14H15FN2O3S/c1-10-3-2-6-16-13(10)8-17-21(19,20)14-7-12(15)5-4-11(14)9-18/h2-7,17-18H,8-9H2,1H3. The molecule has 2 aromatic rings. The second-order valence-electron chi connectivity index (χ2n) is 4.50. The van der Waals surface area contributed by atoms with Gasteiger partial charge in [-0.25, -0.2) is 17.5 Å². The molecule has 1 aromatic heterocycles. The minimum Gasteiger partial charge on any atom is -0.392 e. The highest BCUT2D eigenvalue weighted by Crippen LogP contribution is 2.18. The van der Waals surface area contributed by atoms with Crippen molar-refractivity contribution in [3.63, 3.8) is 0 Å². The zero-order valence-corrected chi connectivity index (χ0v) is 12.2. The Hall–Kier alpha value is -1.83. The highest BCUT2D eigenvalue weighted by Gasteiger charge is 2.19. The van der Waals surface area contributed by atoms with E-state index in [1.165, 1.54) is 6.07 Å². The summed E-state index contributed by atoms with van der Waals surface area (Å²) in [6, 6.07) is 6.81. The number of nitrogens with one attached hydrogen (secondary N) is 1. The molecule has 0 bridgehead atoms. The lowest BCUT2D eigenvalue weighted by Crippen LogP contribution is -2.25. The summed E-state index contributed by atoms with van der Waals surface area (Å²) in [5, 5.41) is 9.18. The maximum absolute atomic E-state index is 13.3. The Morgan fingerprint density at radius 3 is 2.76 bits per heavy atom. The molecule has 0 saturated heterocycles. The van der Waals surface area contributed by atoms with Crippen LogP contribution in [0.2, 0.25) is 0 Å². The van der Waals surface area contributed by atoms with Gasteiger partial charge in [0.15, 0.2) is 0 Å². The molecule has 0 aliphatic carbocycles. The van der Waals surface area contributed by atoms with E-state index < -0.39 is 22.4 Å². The van der Waals surface area contributed by atoms with Gasteiger partial charge in [0.25, 0.3) is 0 Å². The molecular formula is C14H15FN2O3S. The van der Waals surface area contributed by atoms with Crippen LogP contribution in [0.15, 0.2) is 41.4 Å². The van der Waals surface area contributed by atoms with Crippen molar-refractivity contribution in [2.24, 2.45) is 0 Å². The van der Waals surface area contributed by atoms with Crippen LogP contribution >= 0.6 is 0 Å². The highest BCUT2D eigenvalue weighted by molar-refractivity contribution is 7.89. The third kappa shape index (κ3) is 3.63. The average Bonchev–Trinajstić information content (AvgIpc) is 2.46. The number of halogens is 1. The lowest BCUT2D eigenvalue weighted by molar-refractivity contribution is 0.278. The number of aliphatic hydroxyl groups is 1. The Morgan fingerprint density at radius 1 is 1.33 bits per heavy atom. The summed E-state index contributed by atoms with van der Waals surface area (Å²) >= 11 is 0. The van der Waals surface area contributed by atoms with Crippen LogP contribution in [0.4, 0.5) is 4.39 Å². The van der Waals surface area contributed by atoms with Crippen molar-refractivity contribution >= 4 is 10.0 Å². The van der Waals surface area contributed by atoms with Gasteiger partial charge in [-0.1, -0.05) is 12.1 Å². The molecule has 0 unspecified atom stereocenters. The van der Waals surface area contributed by atoms with Crippen molar-refractivity contribution < 1.29 is 17.9 Å². The van der Waals surface area contributed by atoms with Crippen LogP contribution in [0, 0.1) is 12.7 Å². The summed E-state index contributed by atoms with van der Waals surface area (Å²) in [6.45, 7) is 1.33. The van der Waals surface area contributed by atoms with Crippen molar-refractivity contribution in [2.75, 3.05) is 0 Å². The van der Waals surface area contributed by atoms with Gasteiger partial charge in [0, 0.05) is 6.20 Å². The van der Waals surface area contributed by atoms with Crippen LogP contribution in [0.1, 0.15) is 16.8 Å². The fourth-order valence-corrected chi connectivity index (χ4v) is 3.08. The Morgan fingerprint density at radius 2 is 2.10 bits per heavy atom. The first-order valence-electron chi connectivity index (χ1n) is 6.23. The molecule has 5 nitrogen and oxygen atoms in total. The largest absolute Gasteiger partial charge is 0.392 e. The molecule has 2 N–H and O–H groups in total. The summed E-state index contributed by atoms with van der Waals surface area (Å²) in [5.74, 6) is -0.679. The third-order valence-electron chi connectivity index (χ3n) is 3.04. The molecule has 7 heteroatoms. The van der Waals surface area contributed by atoms with Gasteiger partial charge in [-0.05, 0) is 36.2 Å². The van der Waals surface area contributed by atoms with E-state index in [1.807, 2.05) is 13.0 Å². The average molecular weight is 310 g/mol. The van der Waals surface area contributed by atoms with E-state index in [0.717, 1.165) is 17.7 Å². The molecule has 0 aliphatic heterocycles. The van der Waals surface area contributed by atoms with Crippen molar-refractivity contribution in [2.45, 2.75) is 25.0 Å². The summed E-state index contributed by atoms with van der Waals surface area (Å²) in [6.07, 6.45) is 1.57. The molecule has 21 heavy (non-hydrogen) atoms. The number of benzene rings is 1. The number of hydrogen-bond acceptors (Lipinski definition) is 4. The molecule has 0 spiro atoms. The van der Waals surface area contributed by atoms with E-state index in [-0.39, 0.29) is 17.0 Å². The van der Waals surface area contributed by atoms with E-state index in [9.17, 15) is 17.9 Å². The van der Waals surface area contributed by atoms with E-state index >= 15 is 0 Å². The monoisotopic (exact) mass is 310 g/mol. The second-order valence-corrected chi connectivity index (χ2v) is 6.24. The van der Waals surface area contributed by atoms with Gasteiger partial charge >= 0.3 is 0 Å². The fourth-order valence-electron chi connectivity index (χ4n) is 1.85. The minimum atomic E-state index is -3.93. The molecule has 1 heterocycles. The molecule has 2 rings (SSSR count). The molecular weight excluding hydrogens is 295 g/mol. The predicted octanol–water partition coefficient (Wildman–Crippen LogP) is 1.50. The van der Waals surface area contributed by atoms with Crippen LogP contribution in [0.5, 0.6) is 0 Å². The maximum atomic E-state index is 13.3.